The van der Waals surface area contributed by atoms with Gasteiger partial charge in [-0.25, -0.2) is 9.97 Å². The highest BCUT2D eigenvalue weighted by molar-refractivity contribution is 5.60. The summed E-state index contributed by atoms with van der Waals surface area (Å²) in [6.07, 6.45) is 5.77. The molecule has 0 aromatic carbocycles. The van der Waals surface area contributed by atoms with Gasteiger partial charge in [0.15, 0.2) is 5.82 Å². The number of aromatic nitrogens is 2. The molecule has 1 aliphatic heterocycles. The predicted octanol–water partition coefficient (Wildman–Crippen LogP) is 1.06. The largest absolute Gasteiger partial charge is 0.394 e. The van der Waals surface area contributed by atoms with E-state index in [1.807, 2.05) is 0 Å². The second-order valence-electron chi connectivity index (χ2n) is 3.98. The molecule has 1 atom stereocenters. The van der Waals surface area contributed by atoms with Gasteiger partial charge in [0.2, 0.25) is 0 Å². The summed E-state index contributed by atoms with van der Waals surface area (Å²) >= 11 is 0. The number of nitrogens with zero attached hydrogens (tertiary/aromatic N) is 3. The van der Waals surface area contributed by atoms with Crippen molar-refractivity contribution in [2.45, 2.75) is 25.9 Å². The monoisotopic (exact) mass is 222 g/mol. The lowest BCUT2D eigenvalue weighted by atomic mass is 10.2. The molecule has 0 bridgehead atoms. The SMILES string of the molecule is CCN(CC1CCCO1)c1ncncc1N. The molecule has 5 heteroatoms. The highest BCUT2D eigenvalue weighted by atomic mass is 16.5. The first-order valence-corrected chi connectivity index (χ1v) is 5.73. The Labute approximate surface area is 95.6 Å². The van der Waals surface area contributed by atoms with Crippen molar-refractivity contribution in [3.05, 3.63) is 12.5 Å². The average Bonchev–Trinajstić information content (AvgIpc) is 2.80. The lowest BCUT2D eigenvalue weighted by Gasteiger charge is -2.25. The number of ether oxygens (including phenoxy) is 1. The summed E-state index contributed by atoms with van der Waals surface area (Å²) in [5.41, 5.74) is 6.49. The van der Waals surface area contributed by atoms with Gasteiger partial charge in [0, 0.05) is 19.7 Å². The Morgan fingerprint density at radius 2 is 2.50 bits per heavy atom. The summed E-state index contributed by atoms with van der Waals surface area (Å²) in [4.78, 5) is 10.3. The molecule has 88 valence electrons. The van der Waals surface area contributed by atoms with E-state index in [-0.39, 0.29) is 0 Å². The lowest BCUT2D eigenvalue weighted by Crippen LogP contribution is -2.33. The molecule has 1 aromatic heterocycles. The molecule has 1 aromatic rings. The van der Waals surface area contributed by atoms with Crippen molar-refractivity contribution in [3.8, 4) is 0 Å². The molecule has 16 heavy (non-hydrogen) atoms. The predicted molar refractivity (Wildman–Crippen MR) is 63.3 cm³/mol. The quantitative estimate of drug-likeness (QED) is 0.825. The fourth-order valence-electron chi connectivity index (χ4n) is 2.00. The van der Waals surface area contributed by atoms with E-state index in [2.05, 4.69) is 21.8 Å². The maximum absolute atomic E-state index is 5.86. The van der Waals surface area contributed by atoms with E-state index in [0.29, 0.717) is 11.8 Å². The first kappa shape index (κ1) is 11.1. The number of rotatable bonds is 4. The standard InChI is InChI=1S/C11H18N4O/c1-2-15(7-9-4-3-5-16-9)11-10(12)6-13-8-14-11/h6,8-9H,2-5,7,12H2,1H3. The number of hydrogen-bond donors (Lipinski definition) is 1. The average molecular weight is 222 g/mol. The molecule has 1 aliphatic rings. The Kier molecular flexibility index (Phi) is 3.56. The van der Waals surface area contributed by atoms with Crippen LogP contribution in [0.25, 0.3) is 0 Å². The summed E-state index contributed by atoms with van der Waals surface area (Å²) in [7, 11) is 0. The summed E-state index contributed by atoms with van der Waals surface area (Å²) in [6.45, 7) is 4.71. The van der Waals surface area contributed by atoms with E-state index in [4.69, 9.17) is 10.5 Å². The van der Waals surface area contributed by atoms with Crippen LogP contribution in [-0.2, 0) is 4.74 Å². The Bertz CT molecular complexity index is 339. The minimum Gasteiger partial charge on any atom is -0.394 e. The highest BCUT2D eigenvalue weighted by Crippen LogP contribution is 2.21. The second-order valence-corrected chi connectivity index (χ2v) is 3.98. The summed E-state index contributed by atoms with van der Waals surface area (Å²) in [5.74, 6) is 0.813. The van der Waals surface area contributed by atoms with E-state index in [1.165, 1.54) is 6.33 Å². The smallest absolute Gasteiger partial charge is 0.155 e. The van der Waals surface area contributed by atoms with E-state index in [9.17, 15) is 0 Å². The number of anilines is 2. The summed E-state index contributed by atoms with van der Waals surface area (Å²) in [5, 5.41) is 0. The fraction of sp³-hybridized carbons (Fsp3) is 0.636. The normalized spacial score (nSPS) is 19.9. The van der Waals surface area contributed by atoms with Crippen LogP contribution < -0.4 is 10.6 Å². The number of nitrogens with two attached hydrogens (primary N) is 1. The van der Waals surface area contributed by atoms with Crippen molar-refractivity contribution in [1.82, 2.24) is 9.97 Å². The number of nitrogen functional groups attached to an aromatic ring is 1. The van der Waals surface area contributed by atoms with Gasteiger partial charge in [-0.15, -0.1) is 0 Å². The Morgan fingerprint density at radius 1 is 1.62 bits per heavy atom. The van der Waals surface area contributed by atoms with Crippen LogP contribution in [0.3, 0.4) is 0 Å². The first-order valence-electron chi connectivity index (χ1n) is 5.73. The van der Waals surface area contributed by atoms with Crippen LogP contribution in [-0.4, -0.2) is 35.8 Å². The zero-order valence-corrected chi connectivity index (χ0v) is 9.59. The zero-order chi connectivity index (χ0) is 11.4. The molecular formula is C11H18N4O. The molecule has 1 unspecified atom stereocenters. The summed E-state index contributed by atoms with van der Waals surface area (Å²) < 4.78 is 5.62. The van der Waals surface area contributed by atoms with Crippen molar-refractivity contribution in [1.29, 1.82) is 0 Å². The molecule has 1 fully saturated rings. The van der Waals surface area contributed by atoms with Gasteiger partial charge in [-0.1, -0.05) is 0 Å². The van der Waals surface area contributed by atoms with Crippen LogP contribution in [0.4, 0.5) is 11.5 Å². The maximum Gasteiger partial charge on any atom is 0.155 e. The van der Waals surface area contributed by atoms with E-state index >= 15 is 0 Å². The van der Waals surface area contributed by atoms with Gasteiger partial charge in [-0.05, 0) is 19.8 Å². The van der Waals surface area contributed by atoms with Crippen molar-refractivity contribution in [2.75, 3.05) is 30.3 Å². The molecular weight excluding hydrogens is 204 g/mol. The van der Waals surface area contributed by atoms with E-state index in [0.717, 1.165) is 38.4 Å². The topological polar surface area (TPSA) is 64.3 Å². The third kappa shape index (κ3) is 2.41. The Morgan fingerprint density at radius 3 is 3.12 bits per heavy atom. The highest BCUT2D eigenvalue weighted by Gasteiger charge is 2.20. The van der Waals surface area contributed by atoms with Gasteiger partial charge in [-0.3, -0.25) is 0 Å². The Hall–Kier alpha value is -1.36. The van der Waals surface area contributed by atoms with Crippen LogP contribution >= 0.6 is 0 Å². The molecule has 0 radical (unpaired) electrons. The molecule has 2 rings (SSSR count). The maximum atomic E-state index is 5.86. The Balaban J connectivity index is 2.06. The third-order valence-electron chi connectivity index (χ3n) is 2.85. The van der Waals surface area contributed by atoms with Gasteiger partial charge in [0.05, 0.1) is 18.0 Å². The van der Waals surface area contributed by atoms with Gasteiger partial charge >= 0.3 is 0 Å². The van der Waals surface area contributed by atoms with Gasteiger partial charge in [0.25, 0.3) is 0 Å². The molecule has 1 saturated heterocycles. The van der Waals surface area contributed by atoms with Crippen LogP contribution in [0, 0.1) is 0 Å². The molecule has 0 aliphatic carbocycles. The molecule has 0 spiro atoms. The number of hydrogen-bond acceptors (Lipinski definition) is 5. The zero-order valence-electron chi connectivity index (χ0n) is 9.59. The summed E-state index contributed by atoms with van der Waals surface area (Å²) in [6, 6.07) is 0. The van der Waals surface area contributed by atoms with Crippen LogP contribution in [0.2, 0.25) is 0 Å². The molecule has 0 amide bonds. The molecule has 2 heterocycles. The van der Waals surface area contributed by atoms with Crippen LogP contribution in [0.1, 0.15) is 19.8 Å². The van der Waals surface area contributed by atoms with Crippen LogP contribution in [0.15, 0.2) is 12.5 Å². The fourth-order valence-corrected chi connectivity index (χ4v) is 2.00. The van der Waals surface area contributed by atoms with E-state index < -0.39 is 0 Å². The molecule has 5 nitrogen and oxygen atoms in total. The molecule has 0 saturated carbocycles. The van der Waals surface area contributed by atoms with Crippen molar-refractivity contribution < 1.29 is 4.74 Å². The van der Waals surface area contributed by atoms with Crippen molar-refractivity contribution in [2.24, 2.45) is 0 Å². The van der Waals surface area contributed by atoms with Crippen LogP contribution in [0.5, 0.6) is 0 Å². The van der Waals surface area contributed by atoms with Gasteiger partial charge in [-0.2, -0.15) is 0 Å². The van der Waals surface area contributed by atoms with Crippen molar-refractivity contribution in [3.63, 3.8) is 0 Å². The first-order chi connectivity index (χ1) is 7.81. The third-order valence-corrected chi connectivity index (χ3v) is 2.85. The minimum atomic E-state index is 0.314. The number of likely N-dealkylation sites (N-methyl/N-ethyl adjacent to an activating group) is 1. The van der Waals surface area contributed by atoms with Crippen molar-refractivity contribution >= 4 is 11.5 Å². The van der Waals surface area contributed by atoms with Gasteiger partial charge < -0.3 is 15.4 Å². The molecule has 2 N–H and O–H groups in total. The lowest BCUT2D eigenvalue weighted by molar-refractivity contribution is 0.115. The van der Waals surface area contributed by atoms with Gasteiger partial charge in [0.1, 0.15) is 6.33 Å². The van der Waals surface area contributed by atoms with E-state index in [1.54, 1.807) is 6.20 Å². The minimum absolute atomic E-state index is 0.314. The second kappa shape index (κ2) is 5.12.